The lowest BCUT2D eigenvalue weighted by Crippen LogP contribution is -2.35. The molecule has 20 heavy (non-hydrogen) atoms. The first-order valence-electron chi connectivity index (χ1n) is 6.85. The van der Waals surface area contributed by atoms with E-state index in [4.69, 9.17) is 0 Å². The summed E-state index contributed by atoms with van der Waals surface area (Å²) in [4.78, 5) is 0.320. The molecule has 0 bridgehead atoms. The lowest BCUT2D eigenvalue weighted by molar-refractivity contribution is 0.436. The molecule has 0 unspecified atom stereocenters. The van der Waals surface area contributed by atoms with E-state index in [1.165, 1.54) is 4.31 Å². The Labute approximate surface area is 120 Å². The van der Waals surface area contributed by atoms with Gasteiger partial charge in [-0.15, -0.1) is 0 Å². The molecule has 0 aromatic carbocycles. The van der Waals surface area contributed by atoms with Crippen molar-refractivity contribution < 1.29 is 8.42 Å². The van der Waals surface area contributed by atoms with Gasteiger partial charge in [0.1, 0.15) is 4.90 Å². The Bertz CT molecular complexity index is 590. The van der Waals surface area contributed by atoms with Gasteiger partial charge in [0, 0.05) is 25.7 Å². The number of aromatic nitrogens is 2. The summed E-state index contributed by atoms with van der Waals surface area (Å²) < 4.78 is 27.0. The van der Waals surface area contributed by atoms with Crippen LogP contribution in [0.3, 0.4) is 0 Å². The van der Waals surface area contributed by atoms with E-state index in [1.807, 2.05) is 26.0 Å². The fourth-order valence-corrected chi connectivity index (χ4v) is 3.93. The predicted molar refractivity (Wildman–Crippen MR) is 77.8 cm³/mol. The van der Waals surface area contributed by atoms with Crippen LogP contribution in [0.15, 0.2) is 17.0 Å². The molecule has 0 saturated carbocycles. The number of sulfonamides is 1. The SMILES string of the molecule is Cc1[nH]nc(CNC(C)C)c1S(=O)(=O)N1CC=CCC1. The number of hydrogen-bond donors (Lipinski definition) is 2. The summed E-state index contributed by atoms with van der Waals surface area (Å²) in [6, 6.07) is 0.278. The van der Waals surface area contributed by atoms with Crippen molar-refractivity contribution >= 4 is 10.0 Å². The molecule has 0 saturated heterocycles. The Morgan fingerprint density at radius 1 is 1.45 bits per heavy atom. The lowest BCUT2D eigenvalue weighted by atomic mass is 10.3. The Morgan fingerprint density at radius 2 is 2.20 bits per heavy atom. The Balaban J connectivity index is 2.30. The van der Waals surface area contributed by atoms with Gasteiger partial charge < -0.3 is 5.32 Å². The molecule has 1 aliphatic rings. The van der Waals surface area contributed by atoms with E-state index in [-0.39, 0.29) is 6.04 Å². The zero-order valence-corrected chi connectivity index (χ0v) is 13.0. The quantitative estimate of drug-likeness (QED) is 0.800. The third kappa shape index (κ3) is 3.11. The third-order valence-electron chi connectivity index (χ3n) is 3.26. The second-order valence-electron chi connectivity index (χ2n) is 5.28. The van der Waals surface area contributed by atoms with E-state index in [0.29, 0.717) is 35.9 Å². The summed E-state index contributed by atoms with van der Waals surface area (Å²) in [7, 11) is -3.48. The summed E-state index contributed by atoms with van der Waals surface area (Å²) >= 11 is 0. The van der Waals surface area contributed by atoms with Crippen LogP contribution in [0.4, 0.5) is 0 Å². The zero-order chi connectivity index (χ0) is 14.8. The van der Waals surface area contributed by atoms with Crippen molar-refractivity contribution in [1.29, 1.82) is 0 Å². The van der Waals surface area contributed by atoms with Crippen LogP contribution in [0.2, 0.25) is 0 Å². The highest BCUT2D eigenvalue weighted by Crippen LogP contribution is 2.23. The van der Waals surface area contributed by atoms with E-state index in [1.54, 1.807) is 6.92 Å². The highest BCUT2D eigenvalue weighted by Gasteiger charge is 2.30. The Kier molecular flexibility index (Phi) is 4.62. The van der Waals surface area contributed by atoms with Crippen LogP contribution in [0.5, 0.6) is 0 Å². The number of hydrogen-bond acceptors (Lipinski definition) is 4. The number of nitrogens with one attached hydrogen (secondary N) is 2. The monoisotopic (exact) mass is 298 g/mol. The van der Waals surface area contributed by atoms with Crippen molar-refractivity contribution in [2.45, 2.75) is 44.7 Å². The van der Waals surface area contributed by atoms with Crippen molar-refractivity contribution in [1.82, 2.24) is 19.8 Å². The number of nitrogens with zero attached hydrogens (tertiary/aromatic N) is 2. The minimum atomic E-state index is -3.48. The van der Waals surface area contributed by atoms with Gasteiger partial charge in [0.2, 0.25) is 10.0 Å². The molecule has 7 heteroatoms. The Hall–Kier alpha value is -1.18. The summed E-state index contributed by atoms with van der Waals surface area (Å²) in [5, 5.41) is 10.1. The largest absolute Gasteiger partial charge is 0.309 e. The van der Waals surface area contributed by atoms with Crippen LogP contribution in [0, 0.1) is 6.92 Å². The van der Waals surface area contributed by atoms with E-state index >= 15 is 0 Å². The highest BCUT2D eigenvalue weighted by atomic mass is 32.2. The van der Waals surface area contributed by atoms with E-state index in [2.05, 4.69) is 15.5 Å². The van der Waals surface area contributed by atoms with E-state index < -0.39 is 10.0 Å². The van der Waals surface area contributed by atoms with Gasteiger partial charge >= 0.3 is 0 Å². The standard InChI is InChI=1S/C13H22N4O2S/c1-10(2)14-9-12-13(11(3)15-16-12)20(18,19)17-7-5-4-6-8-17/h4-5,10,14H,6-9H2,1-3H3,(H,15,16). The molecule has 0 radical (unpaired) electrons. The highest BCUT2D eigenvalue weighted by molar-refractivity contribution is 7.89. The summed E-state index contributed by atoms with van der Waals surface area (Å²) in [5.41, 5.74) is 1.16. The van der Waals surface area contributed by atoms with Gasteiger partial charge in [-0.25, -0.2) is 8.42 Å². The number of aryl methyl sites for hydroxylation is 1. The van der Waals surface area contributed by atoms with E-state index in [9.17, 15) is 8.42 Å². The Morgan fingerprint density at radius 3 is 2.80 bits per heavy atom. The minimum Gasteiger partial charge on any atom is -0.309 e. The average molecular weight is 298 g/mol. The predicted octanol–water partition coefficient (Wildman–Crippen LogP) is 1.17. The third-order valence-corrected chi connectivity index (χ3v) is 5.33. The molecule has 0 atom stereocenters. The van der Waals surface area contributed by atoms with Gasteiger partial charge in [0.25, 0.3) is 0 Å². The summed E-state index contributed by atoms with van der Waals surface area (Å²) in [5.74, 6) is 0. The molecule has 0 aliphatic carbocycles. The first kappa shape index (κ1) is 15.2. The van der Waals surface area contributed by atoms with Gasteiger partial charge in [0.15, 0.2) is 0 Å². The molecule has 2 heterocycles. The van der Waals surface area contributed by atoms with Crippen molar-refractivity contribution in [3.05, 3.63) is 23.5 Å². The normalized spacial score (nSPS) is 17.0. The molecular formula is C13H22N4O2S. The summed E-state index contributed by atoms with van der Waals surface area (Å²) in [6.07, 6.45) is 4.66. The van der Waals surface area contributed by atoms with Crippen LogP contribution in [-0.4, -0.2) is 42.1 Å². The van der Waals surface area contributed by atoms with Gasteiger partial charge in [-0.3, -0.25) is 5.10 Å². The molecule has 2 rings (SSSR count). The maximum Gasteiger partial charge on any atom is 0.247 e. The van der Waals surface area contributed by atoms with Gasteiger partial charge in [0.05, 0.1) is 11.4 Å². The lowest BCUT2D eigenvalue weighted by Gasteiger charge is -2.23. The first-order chi connectivity index (χ1) is 9.43. The van der Waals surface area contributed by atoms with Crippen LogP contribution in [-0.2, 0) is 16.6 Å². The zero-order valence-electron chi connectivity index (χ0n) is 12.2. The van der Waals surface area contributed by atoms with Gasteiger partial charge in [-0.2, -0.15) is 9.40 Å². The number of rotatable bonds is 5. The minimum absolute atomic E-state index is 0.278. The van der Waals surface area contributed by atoms with E-state index in [0.717, 1.165) is 6.42 Å². The topological polar surface area (TPSA) is 78.1 Å². The fourth-order valence-electron chi connectivity index (χ4n) is 2.20. The van der Waals surface area contributed by atoms with Crippen molar-refractivity contribution in [2.75, 3.05) is 13.1 Å². The second-order valence-corrected chi connectivity index (χ2v) is 7.16. The average Bonchev–Trinajstić information content (AvgIpc) is 2.79. The molecule has 112 valence electrons. The van der Waals surface area contributed by atoms with Gasteiger partial charge in [-0.05, 0) is 13.3 Å². The fraction of sp³-hybridized carbons (Fsp3) is 0.615. The maximum absolute atomic E-state index is 12.7. The molecule has 6 nitrogen and oxygen atoms in total. The molecule has 0 fully saturated rings. The number of aromatic amines is 1. The molecular weight excluding hydrogens is 276 g/mol. The van der Waals surface area contributed by atoms with Crippen LogP contribution < -0.4 is 5.32 Å². The van der Waals surface area contributed by atoms with Gasteiger partial charge in [-0.1, -0.05) is 26.0 Å². The van der Waals surface area contributed by atoms with Crippen molar-refractivity contribution in [3.63, 3.8) is 0 Å². The second kappa shape index (κ2) is 6.07. The van der Waals surface area contributed by atoms with Crippen molar-refractivity contribution in [2.24, 2.45) is 0 Å². The molecule has 0 spiro atoms. The van der Waals surface area contributed by atoms with Crippen LogP contribution in [0.25, 0.3) is 0 Å². The van der Waals surface area contributed by atoms with Crippen LogP contribution >= 0.6 is 0 Å². The summed E-state index contributed by atoms with van der Waals surface area (Å²) in [6.45, 7) is 7.19. The van der Waals surface area contributed by atoms with Crippen molar-refractivity contribution in [3.8, 4) is 0 Å². The number of H-pyrrole nitrogens is 1. The molecule has 1 aromatic rings. The smallest absolute Gasteiger partial charge is 0.247 e. The molecule has 1 aromatic heterocycles. The molecule has 0 amide bonds. The molecule has 2 N–H and O–H groups in total. The first-order valence-corrected chi connectivity index (χ1v) is 8.29. The molecule has 1 aliphatic heterocycles. The maximum atomic E-state index is 12.7. The van der Waals surface area contributed by atoms with Crippen LogP contribution in [0.1, 0.15) is 31.7 Å².